The molecule has 3 rings (SSSR count). The van der Waals surface area contributed by atoms with E-state index in [-0.39, 0.29) is 18.9 Å². The highest BCUT2D eigenvalue weighted by atomic mass is 16.8. The summed E-state index contributed by atoms with van der Waals surface area (Å²) in [5.74, 6) is -0.333. The average Bonchev–Trinajstić information content (AvgIpc) is 3.20. The van der Waals surface area contributed by atoms with Crippen molar-refractivity contribution in [2.24, 2.45) is 0 Å². The third-order valence-electron chi connectivity index (χ3n) is 9.93. The maximum Gasteiger partial charge on any atom is 0.220 e. The van der Waals surface area contributed by atoms with Crippen molar-refractivity contribution in [1.82, 2.24) is 5.32 Å². The van der Waals surface area contributed by atoms with Crippen molar-refractivity contribution < 1.29 is 89.4 Å². The van der Waals surface area contributed by atoms with Crippen LogP contribution in [0.1, 0.15) is 65.2 Å². The highest BCUT2D eigenvalue weighted by Gasteiger charge is 2.53. The van der Waals surface area contributed by atoms with Crippen LogP contribution in [0.25, 0.3) is 0 Å². The lowest BCUT2D eigenvalue weighted by Gasteiger charge is -2.48. The summed E-state index contributed by atoms with van der Waals surface area (Å²) in [4.78, 5) is 12.6. The number of allylic oxidation sites excluding steroid dienone is 5. The minimum absolute atomic E-state index is 0.204. The quantitative estimate of drug-likeness (QED) is 0.0364. The molecule has 0 radical (unpaired) electrons. The van der Waals surface area contributed by atoms with Crippen LogP contribution in [0.15, 0.2) is 36.5 Å². The molecule has 3 saturated heterocycles. The van der Waals surface area contributed by atoms with Crippen molar-refractivity contribution in [3.8, 4) is 0 Å². The lowest BCUT2D eigenvalue weighted by molar-refractivity contribution is -0.379. The fraction of sp³-hybridized carbons (Fsp3) is 0.816. The van der Waals surface area contributed by atoms with Crippen molar-refractivity contribution >= 4 is 5.91 Å². The second-order valence-electron chi connectivity index (χ2n) is 14.3. The number of aliphatic hydroxyl groups is 11. The third-order valence-corrected chi connectivity index (χ3v) is 9.93. The van der Waals surface area contributed by atoms with Gasteiger partial charge in [-0.25, -0.2) is 0 Å². The normalized spacial score (nSPS) is 37.6. The molecule has 3 heterocycles. The van der Waals surface area contributed by atoms with Gasteiger partial charge in [-0.2, -0.15) is 0 Å². The zero-order valence-electron chi connectivity index (χ0n) is 32.5. The van der Waals surface area contributed by atoms with Gasteiger partial charge in [-0.3, -0.25) is 4.79 Å². The molecule has 0 aromatic carbocycles. The summed E-state index contributed by atoms with van der Waals surface area (Å²) in [5, 5.41) is 118. The van der Waals surface area contributed by atoms with Crippen LogP contribution in [0.4, 0.5) is 0 Å². The summed E-state index contributed by atoms with van der Waals surface area (Å²) in [5.41, 5.74) is 0. The Morgan fingerprint density at radius 1 is 0.632 bits per heavy atom. The molecule has 19 heteroatoms. The van der Waals surface area contributed by atoms with Crippen molar-refractivity contribution in [3.63, 3.8) is 0 Å². The Morgan fingerprint density at radius 3 is 1.63 bits per heavy atom. The monoisotopic (exact) mass is 823 g/mol. The second kappa shape index (κ2) is 25.6. The molecule has 0 aliphatic carbocycles. The zero-order chi connectivity index (χ0) is 42.1. The first-order valence-corrected chi connectivity index (χ1v) is 19.7. The van der Waals surface area contributed by atoms with Crippen LogP contribution in [-0.4, -0.2) is 193 Å². The molecule has 19 nitrogen and oxygen atoms in total. The molecule has 17 atom stereocenters. The summed E-state index contributed by atoms with van der Waals surface area (Å²) >= 11 is 0. The lowest BCUT2D eigenvalue weighted by Crippen LogP contribution is -2.66. The molecule has 12 N–H and O–H groups in total. The van der Waals surface area contributed by atoms with Gasteiger partial charge in [0.15, 0.2) is 18.9 Å². The Kier molecular flexibility index (Phi) is 22.2. The Bertz CT molecular complexity index is 1220. The molecule has 0 aromatic rings. The van der Waals surface area contributed by atoms with Crippen molar-refractivity contribution in [3.05, 3.63) is 36.5 Å². The molecular weight excluding hydrogens is 758 g/mol. The fourth-order valence-electron chi connectivity index (χ4n) is 6.50. The van der Waals surface area contributed by atoms with E-state index < -0.39 is 124 Å². The number of rotatable bonds is 23. The third kappa shape index (κ3) is 14.3. The van der Waals surface area contributed by atoms with E-state index in [0.717, 1.165) is 32.1 Å². The summed E-state index contributed by atoms with van der Waals surface area (Å²) in [6, 6.07) is -0.984. The maximum atomic E-state index is 12.6. The van der Waals surface area contributed by atoms with E-state index in [1.807, 2.05) is 6.92 Å². The number of aliphatic hydroxyl groups excluding tert-OH is 11. The van der Waals surface area contributed by atoms with E-state index in [1.165, 1.54) is 6.08 Å². The van der Waals surface area contributed by atoms with Crippen molar-refractivity contribution in [2.45, 2.75) is 169 Å². The molecule has 0 saturated carbocycles. The van der Waals surface area contributed by atoms with Crippen molar-refractivity contribution in [1.29, 1.82) is 0 Å². The van der Waals surface area contributed by atoms with Gasteiger partial charge in [-0.15, -0.1) is 0 Å². The standard InChI is InChI=1S/C38H65NO18/c1-3-5-7-8-9-10-11-12-13-14-15-22(43)21(39-26(44)16-6-4-2)20-52-36-32(50)29(47)34(24(18-41)54-36)57-38-33(51)30(48)35(25(19-42)55-38)56-37-31(49)28(46)27(45)23(17-40)53-37/h5,7,10-11,14-15,21-25,27-38,40-43,45-51H,3-4,6,8-9,12-13,16-20H2,1-2H3,(H,39,44)/b7-5+,11-10+,15-14+. The first-order valence-electron chi connectivity index (χ1n) is 19.7. The Hall–Kier alpha value is -1.99. The van der Waals surface area contributed by atoms with Crippen LogP contribution < -0.4 is 5.32 Å². The highest BCUT2D eigenvalue weighted by Crippen LogP contribution is 2.32. The van der Waals surface area contributed by atoms with Gasteiger partial charge < -0.3 is 89.9 Å². The largest absolute Gasteiger partial charge is 0.394 e. The molecule has 57 heavy (non-hydrogen) atoms. The molecule has 0 spiro atoms. The van der Waals surface area contributed by atoms with Crippen LogP contribution in [0, 0.1) is 0 Å². The summed E-state index contributed by atoms with van der Waals surface area (Å²) in [7, 11) is 0. The van der Waals surface area contributed by atoms with Gasteiger partial charge in [0.25, 0.3) is 0 Å². The number of ether oxygens (including phenoxy) is 6. The number of hydrogen-bond acceptors (Lipinski definition) is 18. The molecule has 1 amide bonds. The van der Waals surface area contributed by atoms with Gasteiger partial charge in [-0.1, -0.05) is 56.7 Å². The van der Waals surface area contributed by atoms with Gasteiger partial charge >= 0.3 is 0 Å². The van der Waals surface area contributed by atoms with E-state index in [4.69, 9.17) is 28.4 Å². The van der Waals surface area contributed by atoms with Crippen LogP contribution in [0.5, 0.6) is 0 Å². The first kappa shape index (κ1) is 49.4. The number of hydrogen-bond donors (Lipinski definition) is 12. The van der Waals surface area contributed by atoms with Crippen LogP contribution in [0.2, 0.25) is 0 Å². The van der Waals surface area contributed by atoms with Crippen molar-refractivity contribution in [2.75, 3.05) is 26.4 Å². The van der Waals surface area contributed by atoms with E-state index >= 15 is 0 Å². The Labute approximate surface area is 332 Å². The molecule has 17 unspecified atom stereocenters. The maximum absolute atomic E-state index is 12.6. The summed E-state index contributed by atoms with van der Waals surface area (Å²) in [6.07, 6.45) is -9.29. The minimum atomic E-state index is -1.98. The van der Waals surface area contributed by atoms with Gasteiger partial charge in [0, 0.05) is 6.42 Å². The number of amides is 1. The molecule has 3 fully saturated rings. The minimum Gasteiger partial charge on any atom is -0.394 e. The second-order valence-corrected chi connectivity index (χ2v) is 14.3. The number of nitrogens with one attached hydrogen (secondary N) is 1. The topological polar surface area (TPSA) is 307 Å². The van der Waals surface area contributed by atoms with Crippen LogP contribution in [-0.2, 0) is 33.2 Å². The lowest BCUT2D eigenvalue weighted by atomic mass is 9.96. The van der Waals surface area contributed by atoms with E-state index in [9.17, 15) is 61.0 Å². The van der Waals surface area contributed by atoms with Gasteiger partial charge in [-0.05, 0) is 38.5 Å². The summed E-state index contributed by atoms with van der Waals surface area (Å²) < 4.78 is 33.6. The SMILES string of the molecule is CC/C=C/CC/C=C/CC/C=C/C(O)C(COC1OC(CO)C(OC2OC(CO)C(OC3OC(CO)C(O)C(O)C3O)C(O)C2O)C(O)C1O)NC(=O)CCCC. The van der Waals surface area contributed by atoms with Crippen LogP contribution >= 0.6 is 0 Å². The number of carbonyl (C=O) groups is 1. The van der Waals surface area contributed by atoms with E-state index in [1.54, 1.807) is 6.08 Å². The van der Waals surface area contributed by atoms with Gasteiger partial charge in [0.1, 0.15) is 73.2 Å². The van der Waals surface area contributed by atoms with Gasteiger partial charge in [0.2, 0.25) is 5.91 Å². The smallest absolute Gasteiger partial charge is 0.220 e. The molecule has 3 aliphatic heterocycles. The molecule has 0 bridgehead atoms. The predicted molar refractivity (Wildman–Crippen MR) is 199 cm³/mol. The summed E-state index contributed by atoms with van der Waals surface area (Å²) in [6.45, 7) is 1.20. The first-order chi connectivity index (χ1) is 27.3. The molecule has 0 aromatic heterocycles. The Balaban J connectivity index is 1.63. The average molecular weight is 824 g/mol. The highest BCUT2D eigenvalue weighted by molar-refractivity contribution is 5.76. The Morgan fingerprint density at radius 2 is 1.11 bits per heavy atom. The number of carbonyl (C=O) groups excluding carboxylic acids is 1. The van der Waals surface area contributed by atoms with Gasteiger partial charge in [0.05, 0.1) is 38.6 Å². The van der Waals surface area contributed by atoms with Crippen LogP contribution in [0.3, 0.4) is 0 Å². The molecule has 330 valence electrons. The van der Waals surface area contributed by atoms with E-state index in [0.29, 0.717) is 12.8 Å². The predicted octanol–water partition coefficient (Wildman–Crippen LogP) is -2.87. The fourth-order valence-corrected chi connectivity index (χ4v) is 6.50. The zero-order valence-corrected chi connectivity index (χ0v) is 32.5. The molecule has 3 aliphatic rings. The number of unbranched alkanes of at least 4 members (excludes halogenated alkanes) is 3. The molecular formula is C38H65NO18. The van der Waals surface area contributed by atoms with E-state index in [2.05, 4.69) is 36.5 Å².